The van der Waals surface area contributed by atoms with Crippen molar-refractivity contribution in [2.45, 2.75) is 20.0 Å². The van der Waals surface area contributed by atoms with Crippen molar-refractivity contribution >= 4 is 28.7 Å². The summed E-state index contributed by atoms with van der Waals surface area (Å²) in [6.45, 7) is 20.1. The second-order valence-corrected chi connectivity index (χ2v) is 7.03. The van der Waals surface area contributed by atoms with Crippen LogP contribution in [0, 0.1) is 25.0 Å². The summed E-state index contributed by atoms with van der Waals surface area (Å²) in [5.74, 6) is 6.52. The van der Waals surface area contributed by atoms with E-state index < -0.39 is 0 Å². The molecule has 1 aliphatic heterocycles. The van der Waals surface area contributed by atoms with Crippen molar-refractivity contribution in [1.29, 1.82) is 0 Å². The fraction of sp³-hybridized carbons (Fsp3) is 0.318. The third kappa shape index (κ3) is 3.85. The topological polar surface area (TPSA) is 76.7 Å². The number of fused-ring (bicyclic) bond motifs is 1. The van der Waals surface area contributed by atoms with E-state index in [1.54, 1.807) is 29.7 Å². The Bertz CT molecular complexity index is 1340. The van der Waals surface area contributed by atoms with Crippen LogP contribution in [0.5, 0.6) is 0 Å². The molecule has 1 N–H and O–H groups in total. The molecule has 1 aliphatic rings. The van der Waals surface area contributed by atoms with Crippen LogP contribution in [-0.2, 0) is 13.1 Å². The summed E-state index contributed by atoms with van der Waals surface area (Å²) in [6.07, 6.45) is 0. The van der Waals surface area contributed by atoms with E-state index >= 15 is 0 Å². The normalized spacial score (nSPS) is 13.3. The van der Waals surface area contributed by atoms with Gasteiger partial charge in [-0.3, -0.25) is 9.13 Å². The number of imidazole rings is 1. The van der Waals surface area contributed by atoms with Gasteiger partial charge in [0.15, 0.2) is 11.2 Å². The van der Waals surface area contributed by atoms with E-state index in [1.807, 2.05) is 6.07 Å². The lowest BCUT2D eigenvalue weighted by Crippen LogP contribution is -2.44. The highest BCUT2D eigenvalue weighted by molar-refractivity contribution is 5.76. The highest BCUT2D eigenvalue weighted by atomic mass is 16.1. The molecule has 1 fully saturated rings. The molecule has 0 bridgehead atoms. The molecule has 2 aromatic heterocycles. The van der Waals surface area contributed by atoms with Crippen LogP contribution >= 0.6 is 0 Å². The first-order chi connectivity index (χ1) is 15.2. The van der Waals surface area contributed by atoms with Gasteiger partial charge in [0.25, 0.3) is 0 Å². The molecule has 0 radical (unpaired) electrons. The highest BCUT2D eigenvalue weighted by Gasteiger charge is 2.25. The highest BCUT2D eigenvalue weighted by Crippen LogP contribution is 2.23. The van der Waals surface area contributed by atoms with Crippen molar-refractivity contribution in [1.82, 2.24) is 24.4 Å². The van der Waals surface area contributed by atoms with E-state index in [9.17, 15) is 4.79 Å². The molecule has 0 saturated carbocycles. The first-order valence-corrected chi connectivity index (χ1v) is 9.86. The Labute approximate surface area is 179 Å². The molecule has 9 heteroatoms. The van der Waals surface area contributed by atoms with E-state index in [0.717, 1.165) is 31.7 Å². The van der Waals surface area contributed by atoms with Gasteiger partial charge in [0, 0.05) is 26.2 Å². The predicted molar refractivity (Wildman–Crippen MR) is 118 cm³/mol. The maximum atomic E-state index is 13.5. The van der Waals surface area contributed by atoms with E-state index in [0.29, 0.717) is 23.7 Å². The molecule has 154 valence electrons. The van der Waals surface area contributed by atoms with E-state index in [4.69, 9.17) is 13.1 Å². The van der Waals surface area contributed by atoms with Gasteiger partial charge in [-0.25, -0.2) is 9.64 Å². The molecule has 4 rings (SSSR count). The predicted octanol–water partition coefficient (Wildman–Crippen LogP) is 2.18. The standard InChI is InChI=1S/C22H20N8O/c1-4-5-11-29-18-19(27-22(29)28-12-9-25-10-13-28)26-21(24-3)30(20(18)31)15-16-7-6-8-17(14-16)23-2/h6-8,14,25H,9-13,15H2,1H3. The van der Waals surface area contributed by atoms with E-state index in [-0.39, 0.29) is 23.7 Å². The van der Waals surface area contributed by atoms with Crippen LogP contribution in [0.25, 0.3) is 20.9 Å². The molecule has 3 heterocycles. The fourth-order valence-electron chi connectivity index (χ4n) is 3.64. The Balaban J connectivity index is 1.90. The minimum Gasteiger partial charge on any atom is -0.396 e. The first kappa shape index (κ1) is 20.2. The zero-order chi connectivity index (χ0) is 21.8. The van der Waals surface area contributed by atoms with Gasteiger partial charge >= 0.3 is 11.5 Å². The SMILES string of the molecule is [C-]#[N+]c1cccc(Cn2c([N+]#[C-])nc3nc(N4CCNCC4)n(CC#CC)c3c2=O)c1. The van der Waals surface area contributed by atoms with Crippen LogP contribution in [0.1, 0.15) is 12.5 Å². The zero-order valence-electron chi connectivity index (χ0n) is 17.1. The number of aromatic nitrogens is 4. The molecule has 1 saturated heterocycles. The molecule has 0 unspecified atom stereocenters. The third-order valence-electron chi connectivity index (χ3n) is 5.12. The van der Waals surface area contributed by atoms with Crippen molar-refractivity contribution in [3.63, 3.8) is 0 Å². The zero-order valence-corrected chi connectivity index (χ0v) is 17.1. The molecule has 0 amide bonds. The summed E-state index contributed by atoms with van der Waals surface area (Å²) < 4.78 is 3.14. The summed E-state index contributed by atoms with van der Waals surface area (Å²) in [5, 5.41) is 3.31. The molecule has 0 aliphatic carbocycles. The summed E-state index contributed by atoms with van der Waals surface area (Å²) >= 11 is 0. The van der Waals surface area contributed by atoms with Gasteiger partial charge in [0.05, 0.1) is 19.7 Å². The van der Waals surface area contributed by atoms with Crippen LogP contribution in [0.4, 0.5) is 17.6 Å². The minimum absolute atomic E-state index is 0.0243. The van der Waals surface area contributed by atoms with Gasteiger partial charge in [-0.1, -0.05) is 30.2 Å². The lowest BCUT2D eigenvalue weighted by Gasteiger charge is -2.28. The summed E-state index contributed by atoms with van der Waals surface area (Å²) in [6, 6.07) is 7.00. The smallest absolute Gasteiger partial charge is 0.343 e. The molecule has 0 atom stereocenters. The second kappa shape index (κ2) is 8.71. The molecule has 1 aromatic carbocycles. The average molecular weight is 412 g/mol. The number of hydrogen-bond donors (Lipinski definition) is 1. The number of hydrogen-bond acceptors (Lipinski definition) is 5. The van der Waals surface area contributed by atoms with Gasteiger partial charge in [0.2, 0.25) is 11.6 Å². The second-order valence-electron chi connectivity index (χ2n) is 7.03. The monoisotopic (exact) mass is 412 g/mol. The van der Waals surface area contributed by atoms with Crippen LogP contribution in [0.2, 0.25) is 0 Å². The third-order valence-corrected chi connectivity index (χ3v) is 5.12. The van der Waals surface area contributed by atoms with E-state index in [1.165, 1.54) is 4.57 Å². The largest absolute Gasteiger partial charge is 0.396 e. The summed E-state index contributed by atoms with van der Waals surface area (Å²) in [7, 11) is 0. The molecular formula is C22H20N8O. The van der Waals surface area contributed by atoms with Crippen molar-refractivity contribution in [2.24, 2.45) is 0 Å². The van der Waals surface area contributed by atoms with Crippen molar-refractivity contribution in [3.8, 4) is 11.8 Å². The Morgan fingerprint density at radius 2 is 1.97 bits per heavy atom. The molecular weight excluding hydrogens is 392 g/mol. The average Bonchev–Trinajstić information content (AvgIpc) is 3.18. The molecule has 31 heavy (non-hydrogen) atoms. The van der Waals surface area contributed by atoms with Crippen LogP contribution < -0.4 is 15.8 Å². The lowest BCUT2D eigenvalue weighted by atomic mass is 10.2. The number of nitrogens with one attached hydrogen (secondary N) is 1. The first-order valence-electron chi connectivity index (χ1n) is 9.86. The quantitative estimate of drug-likeness (QED) is 0.525. The van der Waals surface area contributed by atoms with Crippen molar-refractivity contribution < 1.29 is 0 Å². The fourth-order valence-corrected chi connectivity index (χ4v) is 3.64. The number of rotatable bonds is 4. The van der Waals surface area contributed by atoms with Crippen LogP contribution in [-0.4, -0.2) is 45.3 Å². The lowest BCUT2D eigenvalue weighted by molar-refractivity contribution is 0.572. The Kier molecular flexibility index (Phi) is 5.66. The van der Waals surface area contributed by atoms with Crippen molar-refractivity contribution in [3.05, 3.63) is 63.0 Å². The Morgan fingerprint density at radius 1 is 1.16 bits per heavy atom. The summed E-state index contributed by atoms with van der Waals surface area (Å²) in [5.41, 5.74) is 1.49. The number of piperazine rings is 1. The number of anilines is 1. The van der Waals surface area contributed by atoms with E-state index in [2.05, 4.69) is 41.7 Å². The van der Waals surface area contributed by atoms with Gasteiger partial charge in [-0.05, 0) is 12.5 Å². The summed E-state index contributed by atoms with van der Waals surface area (Å²) in [4.78, 5) is 31.6. The number of benzene rings is 1. The number of nitrogens with zero attached hydrogens (tertiary/aromatic N) is 7. The van der Waals surface area contributed by atoms with Crippen molar-refractivity contribution in [2.75, 3.05) is 31.1 Å². The molecule has 9 nitrogen and oxygen atoms in total. The Morgan fingerprint density at radius 3 is 2.68 bits per heavy atom. The van der Waals surface area contributed by atoms with Gasteiger partial charge < -0.3 is 15.1 Å². The molecule has 3 aromatic rings. The van der Waals surface area contributed by atoms with Crippen LogP contribution in [0.3, 0.4) is 0 Å². The molecule has 0 spiro atoms. The van der Waals surface area contributed by atoms with Gasteiger partial charge in [-0.15, -0.1) is 17.5 Å². The Hall–Kier alpha value is -4.13. The maximum absolute atomic E-state index is 13.5. The minimum atomic E-state index is -0.337. The van der Waals surface area contributed by atoms with Crippen LogP contribution in [0.15, 0.2) is 29.1 Å². The van der Waals surface area contributed by atoms with Gasteiger partial charge in [0.1, 0.15) is 0 Å². The maximum Gasteiger partial charge on any atom is 0.343 e. The van der Waals surface area contributed by atoms with Gasteiger partial charge in [-0.2, -0.15) is 4.98 Å².